The minimum absolute atomic E-state index is 0.0998. The summed E-state index contributed by atoms with van der Waals surface area (Å²) >= 11 is 0. The molecule has 0 aliphatic carbocycles. The van der Waals surface area contributed by atoms with Gasteiger partial charge in [-0.2, -0.15) is 0 Å². The van der Waals surface area contributed by atoms with Crippen LogP contribution in [0.2, 0.25) is 0 Å². The van der Waals surface area contributed by atoms with Crippen molar-refractivity contribution in [1.29, 1.82) is 0 Å². The molecule has 16 nitrogen and oxygen atoms in total. The third-order valence-electron chi connectivity index (χ3n) is 22.5. The van der Waals surface area contributed by atoms with Crippen molar-refractivity contribution in [2.75, 3.05) is 39.6 Å². The van der Waals surface area contributed by atoms with Crippen LogP contribution in [-0.2, 0) is 55.8 Å². The summed E-state index contributed by atoms with van der Waals surface area (Å²) in [6, 6.07) is 0. The minimum Gasteiger partial charge on any atom is -0.463 e. The number of aliphatic hydroxyl groups is 2. The highest BCUT2D eigenvalue weighted by Gasteiger charge is 2.30. The molecule has 0 aliphatic rings. The van der Waals surface area contributed by atoms with Gasteiger partial charge in [0, 0.05) is 19.3 Å². The summed E-state index contributed by atoms with van der Waals surface area (Å²) in [5, 5.41) is 20.8. The van der Waals surface area contributed by atoms with Crippen LogP contribution in [0.4, 0.5) is 0 Å². The first-order valence-electron chi connectivity index (χ1n) is 52.1. The predicted molar refractivity (Wildman–Crippen MR) is 537 cm³/mol. The lowest BCUT2D eigenvalue weighted by Crippen LogP contribution is -2.30. The van der Waals surface area contributed by atoms with Gasteiger partial charge in [0.15, 0.2) is 6.10 Å². The van der Waals surface area contributed by atoms with Gasteiger partial charge in [0.25, 0.3) is 0 Å². The number of unbranched alkanes of at least 4 members (excludes halogenated alkanes) is 52. The molecule has 5 unspecified atom stereocenters. The SMILES string of the molecule is CCCCC/C=C\C/C=C\C/C=C\C/C=C\CCCCCCCCCCCCCCCCCCCC(=O)OCC(O)COP(=O)(O)OCC(O)COP(=O)(O)OCC(COC(=O)CCCCCCCCCCCCCCCCC/C=C\C/C=C\C/C=C\C/C=C\CCCCC)OC(=O)CCCCCCCCCCCCC/C=C\C/C=C\C/C=C\C/C=C\CCCCC. The van der Waals surface area contributed by atoms with Gasteiger partial charge >= 0.3 is 33.6 Å². The predicted octanol–water partition coefficient (Wildman–Crippen LogP) is 33.0. The van der Waals surface area contributed by atoms with Gasteiger partial charge in [-0.3, -0.25) is 32.5 Å². The molecule has 127 heavy (non-hydrogen) atoms. The highest BCUT2D eigenvalue weighted by Crippen LogP contribution is 2.45. The lowest BCUT2D eigenvalue weighted by atomic mass is 10.0. The molecule has 0 heterocycles. The van der Waals surface area contributed by atoms with Gasteiger partial charge in [0.1, 0.15) is 25.4 Å². The lowest BCUT2D eigenvalue weighted by molar-refractivity contribution is -0.161. The number of aliphatic hydroxyl groups excluding tert-OH is 2. The molecule has 0 saturated heterocycles. The first kappa shape index (κ1) is 122. The van der Waals surface area contributed by atoms with Crippen LogP contribution < -0.4 is 0 Å². The number of carbonyl (C=O) groups is 3. The Hall–Kier alpha value is -4.57. The van der Waals surface area contributed by atoms with Crippen LogP contribution in [0.1, 0.15) is 470 Å². The second-order valence-corrected chi connectivity index (χ2v) is 37.9. The molecular weight excluding hydrogens is 1630 g/mol. The summed E-state index contributed by atoms with van der Waals surface area (Å²) < 4.78 is 61.7. The average molecular weight is 1820 g/mol. The molecule has 0 aromatic heterocycles. The molecule has 0 bridgehead atoms. The number of allylic oxidation sites excluding steroid dienone is 24. The fraction of sp³-hybridized carbons (Fsp3) is 0.752. The smallest absolute Gasteiger partial charge is 0.463 e. The molecule has 0 amide bonds. The normalized spacial score (nSPS) is 14.2. The van der Waals surface area contributed by atoms with Crippen LogP contribution in [-0.4, -0.2) is 95.9 Å². The van der Waals surface area contributed by atoms with Crippen LogP contribution in [0.3, 0.4) is 0 Å². The van der Waals surface area contributed by atoms with Gasteiger partial charge in [-0.15, -0.1) is 0 Å². The molecule has 0 fully saturated rings. The van der Waals surface area contributed by atoms with E-state index in [0.29, 0.717) is 19.3 Å². The Morgan fingerprint density at radius 2 is 0.394 bits per heavy atom. The summed E-state index contributed by atoms with van der Waals surface area (Å²) in [7, 11) is -9.82. The topological polar surface area (TPSA) is 231 Å². The number of phosphoric ester groups is 2. The number of carbonyl (C=O) groups excluding carboxylic acids is 3. The fourth-order valence-corrected chi connectivity index (χ4v) is 16.2. The van der Waals surface area contributed by atoms with Crippen molar-refractivity contribution in [2.45, 2.75) is 489 Å². The van der Waals surface area contributed by atoms with E-state index in [9.17, 15) is 43.5 Å². The summed E-state index contributed by atoms with van der Waals surface area (Å²) in [4.78, 5) is 59.2. The number of rotatable bonds is 99. The van der Waals surface area contributed by atoms with Crippen LogP contribution in [0.5, 0.6) is 0 Å². The molecule has 0 saturated carbocycles. The molecule has 0 aliphatic heterocycles. The maximum absolute atomic E-state index is 13.1. The number of ether oxygens (including phenoxy) is 3. The third-order valence-corrected chi connectivity index (χ3v) is 24.4. The average Bonchev–Trinajstić information content (AvgIpc) is 0.899. The molecule has 5 atom stereocenters. The quantitative estimate of drug-likeness (QED) is 0.0146. The maximum atomic E-state index is 13.1. The Morgan fingerprint density at radius 3 is 0.622 bits per heavy atom. The Balaban J connectivity index is 4.59. The second kappa shape index (κ2) is 100. The Bertz CT molecular complexity index is 2890. The van der Waals surface area contributed by atoms with Crippen LogP contribution in [0, 0.1) is 0 Å². The largest absolute Gasteiger partial charge is 0.472 e. The molecular formula is C109H192O16P2. The molecule has 0 spiro atoms. The van der Waals surface area contributed by atoms with Gasteiger partial charge in [-0.25, -0.2) is 9.13 Å². The van der Waals surface area contributed by atoms with Gasteiger partial charge in [-0.1, -0.05) is 443 Å². The first-order chi connectivity index (χ1) is 62.2. The number of phosphoric acid groups is 2. The van der Waals surface area contributed by atoms with Crippen LogP contribution in [0.15, 0.2) is 146 Å². The zero-order valence-electron chi connectivity index (χ0n) is 81.4. The van der Waals surface area contributed by atoms with E-state index in [1.54, 1.807) is 0 Å². The Morgan fingerprint density at radius 1 is 0.220 bits per heavy atom. The third kappa shape index (κ3) is 102. The number of hydrogen-bond donors (Lipinski definition) is 4. The minimum atomic E-state index is -4.95. The van der Waals surface area contributed by atoms with Gasteiger partial charge < -0.3 is 34.2 Å². The summed E-state index contributed by atoms with van der Waals surface area (Å²) in [6.07, 6.45) is 129. The molecule has 0 rings (SSSR count). The molecule has 0 radical (unpaired) electrons. The van der Waals surface area contributed by atoms with E-state index < -0.39 is 91.5 Å². The monoisotopic (exact) mass is 1820 g/mol. The Labute approximate surface area is 778 Å². The van der Waals surface area contributed by atoms with Crippen molar-refractivity contribution in [2.24, 2.45) is 0 Å². The lowest BCUT2D eigenvalue weighted by Gasteiger charge is -2.21. The van der Waals surface area contributed by atoms with Crippen LogP contribution in [0.25, 0.3) is 0 Å². The van der Waals surface area contributed by atoms with Crippen molar-refractivity contribution in [1.82, 2.24) is 0 Å². The molecule has 18 heteroatoms. The Kier molecular flexibility index (Phi) is 96.8. The second-order valence-electron chi connectivity index (χ2n) is 35.0. The van der Waals surface area contributed by atoms with Crippen LogP contribution >= 0.6 is 15.6 Å². The van der Waals surface area contributed by atoms with E-state index in [1.165, 1.54) is 283 Å². The van der Waals surface area contributed by atoms with Crippen molar-refractivity contribution < 1.29 is 75.8 Å². The zero-order chi connectivity index (χ0) is 92.1. The van der Waals surface area contributed by atoms with E-state index in [1.807, 2.05) is 0 Å². The fourth-order valence-electron chi connectivity index (χ4n) is 14.6. The number of hydrogen-bond acceptors (Lipinski definition) is 14. The highest BCUT2D eigenvalue weighted by molar-refractivity contribution is 7.47. The summed E-state index contributed by atoms with van der Waals surface area (Å²) in [6.45, 7) is 2.69. The van der Waals surface area contributed by atoms with E-state index >= 15 is 0 Å². The van der Waals surface area contributed by atoms with Gasteiger partial charge in [0.05, 0.1) is 26.4 Å². The summed E-state index contributed by atoms with van der Waals surface area (Å²) in [5.41, 5.74) is 0. The number of esters is 3. The van der Waals surface area contributed by atoms with E-state index in [-0.39, 0.29) is 19.3 Å². The van der Waals surface area contributed by atoms with Crippen molar-refractivity contribution in [3.05, 3.63) is 146 Å². The van der Waals surface area contributed by atoms with Crippen molar-refractivity contribution >= 4 is 33.6 Å². The molecule has 4 N–H and O–H groups in total. The first-order valence-corrected chi connectivity index (χ1v) is 55.1. The molecule has 0 aromatic carbocycles. The van der Waals surface area contributed by atoms with Crippen molar-refractivity contribution in [3.8, 4) is 0 Å². The summed E-state index contributed by atoms with van der Waals surface area (Å²) in [5.74, 6) is -1.56. The van der Waals surface area contributed by atoms with E-state index in [0.717, 1.165) is 128 Å². The van der Waals surface area contributed by atoms with Gasteiger partial charge in [0.2, 0.25) is 0 Å². The maximum Gasteiger partial charge on any atom is 0.472 e. The molecule has 0 aromatic rings. The van der Waals surface area contributed by atoms with E-state index in [4.69, 9.17) is 32.3 Å². The van der Waals surface area contributed by atoms with Crippen molar-refractivity contribution in [3.63, 3.8) is 0 Å². The molecule has 734 valence electrons. The van der Waals surface area contributed by atoms with Gasteiger partial charge in [-0.05, 0) is 154 Å². The standard InChI is InChI=1S/C109H192O16P2/c1-4-7-10-13-16-19-22-25-28-31-34-37-40-43-46-48-50-51-53-55-57-59-62-65-68-71-74-77-80-83-86-89-92-95-107(112)119-98-104(110)99-121-126(115,116)122-100-105(111)101-123-127(117,118)124-103-106(125-109(114)97-94-91-88-85-82-79-76-73-70-67-64-61-56-45-42-39-36-33-30-27-24-21-18-15-12-9-6-3)102-120-108(113)96-93-90-87-84-81-78-75-72-69-66-63-60-58-54-52-49-47-44-41-38-35-32-29-26-23-20-17-14-11-8-5-2/h16-21,25-30,34-39,43-47,56,104-106,110-111H,4-15,22-24,31-33,40-42,48-55,57-103H2,1-3H3,(H,115,116)(H,117,118)/b19-16-,20-17-,21-18-,28-25-,29-26-,30-27-,37-34-,38-35-,39-36-,46-43-,47-44-,56-45-. The zero-order valence-corrected chi connectivity index (χ0v) is 83.2. The highest BCUT2D eigenvalue weighted by atomic mass is 31.2. The van der Waals surface area contributed by atoms with E-state index in [2.05, 4.69) is 167 Å².